The number of hydrogen-bond acceptors (Lipinski definition) is 5. The Morgan fingerprint density at radius 3 is 2.36 bits per heavy atom. The molecule has 3 rings (SSSR count). The monoisotopic (exact) mass is 388 g/mol. The van der Waals surface area contributed by atoms with Crippen LogP contribution in [0.25, 0.3) is 0 Å². The van der Waals surface area contributed by atoms with Crippen LogP contribution in [0.3, 0.4) is 0 Å². The highest BCUT2D eigenvalue weighted by Gasteiger charge is 2.19. The number of piperazine rings is 1. The normalized spacial score (nSPS) is 15.9. The van der Waals surface area contributed by atoms with Crippen LogP contribution in [0.5, 0.6) is 5.75 Å². The number of β-amino-alcohol motifs (C(OH)–C–C–N with tert-alkyl or cyclic N) is 1. The van der Waals surface area contributed by atoms with E-state index in [2.05, 4.69) is 15.1 Å². The summed E-state index contributed by atoms with van der Waals surface area (Å²) in [6, 6.07) is 12.7. The van der Waals surface area contributed by atoms with Crippen molar-refractivity contribution in [2.24, 2.45) is 5.73 Å². The molecule has 0 saturated carbocycles. The zero-order chi connectivity index (χ0) is 19.9. The van der Waals surface area contributed by atoms with Crippen LogP contribution in [0.2, 0.25) is 0 Å². The second kappa shape index (κ2) is 9.38. The molecule has 0 unspecified atom stereocenters. The van der Waals surface area contributed by atoms with Gasteiger partial charge in [0, 0.05) is 44.1 Å². The summed E-state index contributed by atoms with van der Waals surface area (Å²) in [7, 11) is 0. The first-order chi connectivity index (χ1) is 13.5. The summed E-state index contributed by atoms with van der Waals surface area (Å²) in [5, 5.41) is 12.7. The summed E-state index contributed by atoms with van der Waals surface area (Å²) in [4.78, 5) is 15.2. The predicted octanol–water partition coefficient (Wildman–Crippen LogP) is 1.88. The number of hydrogen-bond donors (Lipinski definition) is 3. The molecule has 1 heterocycles. The van der Waals surface area contributed by atoms with Crippen LogP contribution in [0, 0.1) is 5.82 Å². The largest absolute Gasteiger partial charge is 0.491 e. The summed E-state index contributed by atoms with van der Waals surface area (Å²) in [5.41, 5.74) is 6.66. The van der Waals surface area contributed by atoms with E-state index in [9.17, 15) is 14.3 Å². The van der Waals surface area contributed by atoms with Gasteiger partial charge in [0.05, 0.1) is 0 Å². The highest BCUT2D eigenvalue weighted by molar-refractivity contribution is 5.87. The number of anilines is 2. The number of carbonyl (C=O) groups is 1. The second-order valence-electron chi connectivity index (χ2n) is 6.74. The van der Waals surface area contributed by atoms with Crippen LogP contribution in [0.4, 0.5) is 20.6 Å². The zero-order valence-corrected chi connectivity index (χ0v) is 15.6. The van der Waals surface area contributed by atoms with Gasteiger partial charge in [0.1, 0.15) is 24.3 Å². The Morgan fingerprint density at radius 1 is 1.11 bits per heavy atom. The number of aliphatic hydroxyl groups excluding tert-OH is 1. The van der Waals surface area contributed by atoms with Gasteiger partial charge in [-0.1, -0.05) is 0 Å². The summed E-state index contributed by atoms with van der Waals surface area (Å²) in [5.74, 6) is 0.375. The number of aliphatic hydroxyl groups is 1. The lowest BCUT2D eigenvalue weighted by Crippen LogP contribution is -2.49. The molecule has 2 aromatic rings. The molecule has 1 saturated heterocycles. The number of halogens is 1. The third-order valence-electron chi connectivity index (χ3n) is 4.60. The molecule has 0 aliphatic carbocycles. The van der Waals surface area contributed by atoms with E-state index in [1.165, 1.54) is 12.1 Å². The minimum absolute atomic E-state index is 0.181. The lowest BCUT2D eigenvalue weighted by atomic mass is 10.2. The lowest BCUT2D eigenvalue weighted by molar-refractivity contribution is 0.0663. The number of nitrogens with two attached hydrogens (primary N) is 1. The van der Waals surface area contributed by atoms with Crippen LogP contribution in [-0.4, -0.2) is 61.5 Å². The zero-order valence-electron chi connectivity index (χ0n) is 15.6. The number of ether oxygens (including phenoxy) is 1. The van der Waals surface area contributed by atoms with Crippen molar-refractivity contribution >= 4 is 17.4 Å². The predicted molar refractivity (Wildman–Crippen MR) is 106 cm³/mol. The number of benzene rings is 2. The van der Waals surface area contributed by atoms with Crippen molar-refractivity contribution in [1.82, 2.24) is 4.90 Å². The van der Waals surface area contributed by atoms with E-state index < -0.39 is 12.1 Å². The minimum Gasteiger partial charge on any atom is -0.491 e. The highest BCUT2D eigenvalue weighted by Crippen LogP contribution is 2.18. The Morgan fingerprint density at radius 2 is 1.75 bits per heavy atom. The van der Waals surface area contributed by atoms with Crippen molar-refractivity contribution in [3.05, 3.63) is 54.3 Å². The molecule has 8 heteroatoms. The van der Waals surface area contributed by atoms with Gasteiger partial charge >= 0.3 is 6.03 Å². The molecule has 0 aromatic heterocycles. The van der Waals surface area contributed by atoms with Crippen LogP contribution >= 0.6 is 0 Å². The Kier molecular flexibility index (Phi) is 6.67. The number of nitrogens with one attached hydrogen (secondary N) is 1. The molecular formula is C20H25FN4O3. The van der Waals surface area contributed by atoms with Gasteiger partial charge in [-0.15, -0.1) is 0 Å². The number of primary amides is 1. The summed E-state index contributed by atoms with van der Waals surface area (Å²) >= 11 is 0. The van der Waals surface area contributed by atoms with E-state index in [0.29, 0.717) is 18.0 Å². The molecule has 2 aromatic carbocycles. The third-order valence-corrected chi connectivity index (χ3v) is 4.60. The van der Waals surface area contributed by atoms with Crippen molar-refractivity contribution in [2.75, 3.05) is 49.5 Å². The first-order valence-corrected chi connectivity index (χ1v) is 9.20. The SMILES string of the molecule is NC(=O)Nc1ccc(OC[C@@H](O)CN2CCN(c3ccc(F)cc3)CC2)cc1. The number of carbonyl (C=O) groups excluding carboxylic acids is 1. The molecule has 1 aliphatic rings. The van der Waals surface area contributed by atoms with Gasteiger partial charge in [0.25, 0.3) is 0 Å². The average Bonchev–Trinajstić information content (AvgIpc) is 2.68. The van der Waals surface area contributed by atoms with E-state index >= 15 is 0 Å². The maximum atomic E-state index is 13.0. The van der Waals surface area contributed by atoms with Crippen LogP contribution in [-0.2, 0) is 0 Å². The number of nitrogens with zero attached hydrogens (tertiary/aromatic N) is 2. The Bertz CT molecular complexity index is 762. The molecule has 1 fully saturated rings. The Hall–Kier alpha value is -2.84. The van der Waals surface area contributed by atoms with Crippen molar-refractivity contribution in [2.45, 2.75) is 6.10 Å². The maximum absolute atomic E-state index is 13.0. The third kappa shape index (κ3) is 5.83. The molecule has 28 heavy (non-hydrogen) atoms. The van der Waals surface area contributed by atoms with Crippen molar-refractivity contribution in [1.29, 1.82) is 0 Å². The van der Waals surface area contributed by atoms with E-state index in [4.69, 9.17) is 10.5 Å². The first kappa shape index (κ1) is 19.9. The van der Waals surface area contributed by atoms with Gasteiger partial charge < -0.3 is 25.8 Å². The standard InChI is InChI=1S/C20H25FN4O3/c21-15-1-5-17(6-2-15)25-11-9-24(10-12-25)13-18(26)14-28-19-7-3-16(4-8-19)23-20(22)27/h1-8,18,26H,9-14H2,(H3,22,23,27)/t18-/m0/s1. The maximum Gasteiger partial charge on any atom is 0.316 e. The molecule has 0 radical (unpaired) electrons. The number of urea groups is 1. The molecule has 0 spiro atoms. The van der Waals surface area contributed by atoms with Gasteiger partial charge in [-0.25, -0.2) is 9.18 Å². The smallest absolute Gasteiger partial charge is 0.316 e. The molecule has 2 amide bonds. The molecule has 0 bridgehead atoms. The number of rotatable bonds is 7. The molecule has 7 nitrogen and oxygen atoms in total. The fourth-order valence-corrected chi connectivity index (χ4v) is 3.16. The average molecular weight is 388 g/mol. The van der Waals surface area contributed by atoms with Crippen LogP contribution < -0.4 is 20.7 Å². The van der Waals surface area contributed by atoms with Crippen molar-refractivity contribution < 1.29 is 19.0 Å². The molecule has 1 atom stereocenters. The van der Waals surface area contributed by atoms with E-state index in [1.54, 1.807) is 36.4 Å². The lowest BCUT2D eigenvalue weighted by Gasteiger charge is -2.36. The van der Waals surface area contributed by atoms with E-state index in [1.807, 2.05) is 0 Å². The van der Waals surface area contributed by atoms with Crippen LogP contribution in [0.1, 0.15) is 0 Å². The fourth-order valence-electron chi connectivity index (χ4n) is 3.16. The van der Waals surface area contributed by atoms with Gasteiger partial charge in [0.15, 0.2) is 0 Å². The second-order valence-corrected chi connectivity index (χ2v) is 6.74. The summed E-state index contributed by atoms with van der Waals surface area (Å²) < 4.78 is 18.6. The fraction of sp³-hybridized carbons (Fsp3) is 0.350. The quantitative estimate of drug-likeness (QED) is 0.674. The van der Waals surface area contributed by atoms with E-state index in [-0.39, 0.29) is 12.4 Å². The van der Waals surface area contributed by atoms with Gasteiger partial charge in [-0.3, -0.25) is 4.90 Å². The van der Waals surface area contributed by atoms with Crippen molar-refractivity contribution in [3.63, 3.8) is 0 Å². The highest BCUT2D eigenvalue weighted by atomic mass is 19.1. The van der Waals surface area contributed by atoms with Gasteiger partial charge in [-0.2, -0.15) is 0 Å². The van der Waals surface area contributed by atoms with Crippen molar-refractivity contribution in [3.8, 4) is 5.75 Å². The summed E-state index contributed by atoms with van der Waals surface area (Å²) in [6.07, 6.45) is -0.610. The van der Waals surface area contributed by atoms with E-state index in [0.717, 1.165) is 31.9 Å². The molecule has 4 N–H and O–H groups in total. The molecular weight excluding hydrogens is 363 g/mol. The minimum atomic E-state index is -0.622. The van der Waals surface area contributed by atoms with Gasteiger partial charge in [0.2, 0.25) is 0 Å². The number of amides is 2. The van der Waals surface area contributed by atoms with Crippen LogP contribution in [0.15, 0.2) is 48.5 Å². The Labute approximate surface area is 163 Å². The molecule has 150 valence electrons. The van der Waals surface area contributed by atoms with Gasteiger partial charge in [-0.05, 0) is 48.5 Å². The Balaban J connectivity index is 1.39. The first-order valence-electron chi connectivity index (χ1n) is 9.20. The topological polar surface area (TPSA) is 91.1 Å². The molecule has 1 aliphatic heterocycles. The summed E-state index contributed by atoms with van der Waals surface area (Å²) in [6.45, 7) is 4.00.